The molecule has 12 heavy (non-hydrogen) atoms. The lowest BCUT2D eigenvalue weighted by molar-refractivity contribution is -0.144. The molecule has 0 amide bonds. The lowest BCUT2D eigenvalue weighted by atomic mass is 10.2. The fraction of sp³-hybridized carbons (Fsp3) is 0.857. The molecule has 0 bridgehead atoms. The molecule has 0 saturated carbocycles. The molecule has 0 aliphatic heterocycles. The first-order chi connectivity index (χ1) is 5.49. The average molecular weight is 181 g/mol. The van der Waals surface area contributed by atoms with E-state index in [2.05, 4.69) is 0 Å². The van der Waals surface area contributed by atoms with E-state index in [-0.39, 0.29) is 0 Å². The van der Waals surface area contributed by atoms with Crippen LogP contribution >= 0.6 is 0 Å². The fourth-order valence-electron chi connectivity index (χ4n) is 0.858. The molecule has 0 rings (SSSR count). The molecule has 0 aromatic rings. The summed E-state index contributed by atoms with van der Waals surface area (Å²) in [5.74, 6) is -1.19. The van der Waals surface area contributed by atoms with Gasteiger partial charge < -0.3 is 5.11 Å². The van der Waals surface area contributed by atoms with Crippen molar-refractivity contribution in [1.29, 1.82) is 0 Å². The molecule has 0 spiro atoms. The summed E-state index contributed by atoms with van der Waals surface area (Å²) in [5.41, 5.74) is 0. The third-order valence-electron chi connectivity index (χ3n) is 1.72. The Hall–Kier alpha value is -0.710. The minimum Gasteiger partial charge on any atom is -0.480 e. The number of hydrogen-bond acceptors (Lipinski definition) is 2. The molecule has 1 atom stereocenters. The van der Waals surface area contributed by atoms with Crippen molar-refractivity contribution in [3.05, 3.63) is 0 Å². The second-order valence-electron chi connectivity index (χ2n) is 2.55. The molecule has 0 aromatic carbocycles. The van der Waals surface area contributed by atoms with Crippen molar-refractivity contribution in [2.75, 3.05) is 13.6 Å². The van der Waals surface area contributed by atoms with E-state index < -0.39 is 24.9 Å². The van der Waals surface area contributed by atoms with Crippen molar-refractivity contribution in [3.63, 3.8) is 0 Å². The second kappa shape index (κ2) is 5.03. The number of halogens is 2. The summed E-state index contributed by atoms with van der Waals surface area (Å²) < 4.78 is 23.7. The molecule has 1 N–H and O–H groups in total. The number of alkyl halides is 2. The van der Waals surface area contributed by atoms with Crippen molar-refractivity contribution < 1.29 is 18.7 Å². The molecule has 0 saturated heterocycles. The summed E-state index contributed by atoms with van der Waals surface area (Å²) in [7, 11) is 1.52. The smallest absolute Gasteiger partial charge is 0.321 e. The predicted octanol–water partition coefficient (Wildman–Crippen LogP) is 1.05. The Balaban J connectivity index is 4.13. The number of nitrogens with zero attached hydrogens (tertiary/aromatic N) is 1. The lowest BCUT2D eigenvalue weighted by Gasteiger charge is -2.22. The molecule has 0 heterocycles. The number of carbonyl (C=O) groups is 1. The van der Waals surface area contributed by atoms with E-state index in [4.69, 9.17) is 5.11 Å². The van der Waals surface area contributed by atoms with E-state index in [1.165, 1.54) is 11.9 Å². The summed E-state index contributed by atoms with van der Waals surface area (Å²) in [6.45, 7) is 2.17. The molecule has 0 aliphatic carbocycles. The van der Waals surface area contributed by atoms with Crippen LogP contribution < -0.4 is 0 Å². The van der Waals surface area contributed by atoms with Crippen LogP contribution in [0.2, 0.25) is 0 Å². The number of carboxylic acid groups (broad SMARTS) is 1. The quantitative estimate of drug-likeness (QED) is 0.689. The molecule has 0 radical (unpaired) electrons. The van der Waals surface area contributed by atoms with Crippen LogP contribution in [0.3, 0.4) is 0 Å². The highest BCUT2D eigenvalue weighted by Gasteiger charge is 2.25. The zero-order valence-corrected chi connectivity index (χ0v) is 7.13. The Bertz CT molecular complexity index is 152. The lowest BCUT2D eigenvalue weighted by Crippen LogP contribution is -2.39. The second-order valence-corrected chi connectivity index (χ2v) is 2.55. The highest BCUT2D eigenvalue weighted by Crippen LogP contribution is 2.09. The van der Waals surface area contributed by atoms with E-state index >= 15 is 0 Å². The van der Waals surface area contributed by atoms with Gasteiger partial charge in [0.25, 0.3) is 0 Å². The van der Waals surface area contributed by atoms with Crippen LogP contribution in [0.1, 0.15) is 13.3 Å². The van der Waals surface area contributed by atoms with Gasteiger partial charge >= 0.3 is 5.97 Å². The number of likely N-dealkylation sites (N-methyl/N-ethyl adjacent to an activating group) is 1. The van der Waals surface area contributed by atoms with Crippen molar-refractivity contribution in [3.8, 4) is 0 Å². The van der Waals surface area contributed by atoms with Crippen LogP contribution in [-0.2, 0) is 4.79 Å². The highest BCUT2D eigenvalue weighted by molar-refractivity contribution is 5.73. The zero-order valence-electron chi connectivity index (χ0n) is 7.13. The monoisotopic (exact) mass is 181 g/mol. The van der Waals surface area contributed by atoms with Gasteiger partial charge in [0.2, 0.25) is 6.43 Å². The molecular weight excluding hydrogens is 168 g/mol. The number of hydrogen-bond donors (Lipinski definition) is 1. The Morgan fingerprint density at radius 3 is 2.33 bits per heavy atom. The van der Waals surface area contributed by atoms with Crippen molar-refractivity contribution in [2.45, 2.75) is 25.8 Å². The van der Waals surface area contributed by atoms with Crippen molar-refractivity contribution >= 4 is 5.97 Å². The summed E-state index contributed by atoms with van der Waals surface area (Å²) in [6.07, 6.45) is -3.18. The van der Waals surface area contributed by atoms with E-state index in [0.29, 0.717) is 6.54 Å². The number of aliphatic carboxylic acids is 1. The Morgan fingerprint density at radius 1 is 1.58 bits per heavy atom. The van der Waals surface area contributed by atoms with E-state index in [0.717, 1.165) is 0 Å². The molecule has 3 nitrogen and oxygen atoms in total. The summed E-state index contributed by atoms with van der Waals surface area (Å²) in [5, 5.41) is 8.55. The molecule has 0 aromatic heterocycles. The molecule has 1 unspecified atom stereocenters. The van der Waals surface area contributed by atoms with Crippen LogP contribution in [0.25, 0.3) is 0 Å². The van der Waals surface area contributed by atoms with Gasteiger partial charge in [-0.1, -0.05) is 6.92 Å². The SMILES string of the molecule is CCN(C)C(CC(F)F)C(=O)O. The minimum absolute atomic E-state index is 0.448. The average Bonchev–Trinajstić information content (AvgIpc) is 1.98. The zero-order chi connectivity index (χ0) is 9.72. The molecule has 0 aliphatic rings. The van der Waals surface area contributed by atoms with Gasteiger partial charge in [-0.3, -0.25) is 9.69 Å². The Labute approximate surface area is 70.0 Å². The summed E-state index contributed by atoms with van der Waals surface area (Å²) >= 11 is 0. The number of carboxylic acids is 1. The van der Waals surface area contributed by atoms with Crippen molar-refractivity contribution in [2.24, 2.45) is 0 Å². The van der Waals surface area contributed by atoms with Crippen LogP contribution in [0.15, 0.2) is 0 Å². The first kappa shape index (κ1) is 11.3. The predicted molar refractivity (Wildman–Crippen MR) is 40.3 cm³/mol. The highest BCUT2D eigenvalue weighted by atomic mass is 19.3. The van der Waals surface area contributed by atoms with Gasteiger partial charge in [0.05, 0.1) is 0 Å². The third-order valence-corrected chi connectivity index (χ3v) is 1.72. The molecular formula is C7H13F2NO2. The molecule has 72 valence electrons. The van der Waals surface area contributed by atoms with E-state index in [9.17, 15) is 13.6 Å². The maximum Gasteiger partial charge on any atom is 0.321 e. The Morgan fingerprint density at radius 2 is 2.08 bits per heavy atom. The van der Waals surface area contributed by atoms with Gasteiger partial charge in [0.1, 0.15) is 6.04 Å². The van der Waals surface area contributed by atoms with Crippen LogP contribution in [0, 0.1) is 0 Å². The van der Waals surface area contributed by atoms with Gasteiger partial charge in [-0.15, -0.1) is 0 Å². The van der Waals surface area contributed by atoms with Gasteiger partial charge in [-0.2, -0.15) is 0 Å². The van der Waals surface area contributed by atoms with Gasteiger partial charge in [-0.25, -0.2) is 8.78 Å². The topological polar surface area (TPSA) is 40.5 Å². The largest absolute Gasteiger partial charge is 0.480 e. The maximum atomic E-state index is 11.9. The third kappa shape index (κ3) is 3.61. The van der Waals surface area contributed by atoms with Crippen molar-refractivity contribution in [1.82, 2.24) is 4.90 Å². The van der Waals surface area contributed by atoms with E-state index in [1.807, 2.05) is 0 Å². The van der Waals surface area contributed by atoms with Gasteiger partial charge in [-0.05, 0) is 13.6 Å². The van der Waals surface area contributed by atoms with Crippen LogP contribution in [-0.4, -0.2) is 42.0 Å². The first-order valence-corrected chi connectivity index (χ1v) is 3.70. The van der Waals surface area contributed by atoms with Crippen LogP contribution in [0.4, 0.5) is 8.78 Å². The maximum absolute atomic E-state index is 11.9. The minimum atomic E-state index is -2.57. The first-order valence-electron chi connectivity index (χ1n) is 3.70. The number of rotatable bonds is 5. The van der Waals surface area contributed by atoms with E-state index in [1.54, 1.807) is 6.92 Å². The Kier molecular flexibility index (Phi) is 4.73. The van der Waals surface area contributed by atoms with Gasteiger partial charge in [0, 0.05) is 6.42 Å². The molecule has 5 heteroatoms. The molecule has 0 fully saturated rings. The fourth-order valence-corrected chi connectivity index (χ4v) is 0.858. The van der Waals surface area contributed by atoms with Crippen LogP contribution in [0.5, 0.6) is 0 Å². The van der Waals surface area contributed by atoms with Gasteiger partial charge in [0.15, 0.2) is 0 Å². The summed E-state index contributed by atoms with van der Waals surface area (Å²) in [6, 6.07) is -1.07. The normalized spacial score (nSPS) is 13.8. The summed E-state index contributed by atoms with van der Waals surface area (Å²) in [4.78, 5) is 11.8. The standard InChI is InChI=1S/C7H13F2NO2/c1-3-10(2)5(7(11)12)4-6(8)9/h5-6H,3-4H2,1-2H3,(H,11,12).